The minimum atomic E-state index is -0.555. The molecule has 2 rings (SSSR count). The molecule has 0 heterocycles. The molecule has 0 aliphatic rings. The van der Waals surface area contributed by atoms with Crippen molar-refractivity contribution in [3.05, 3.63) is 70.3 Å². The second kappa shape index (κ2) is 7.87. The zero-order valence-electron chi connectivity index (χ0n) is 13.0. The summed E-state index contributed by atoms with van der Waals surface area (Å²) >= 11 is 0. The van der Waals surface area contributed by atoms with Crippen LogP contribution in [0.4, 0.5) is 11.4 Å². The van der Waals surface area contributed by atoms with E-state index in [1.165, 1.54) is 29.2 Å². The number of anilines is 1. The number of benzene rings is 2. The molecule has 0 saturated heterocycles. The highest BCUT2D eigenvalue weighted by molar-refractivity contribution is 6.08. The molecule has 0 bridgehead atoms. The fourth-order valence-electron chi connectivity index (χ4n) is 2.11. The summed E-state index contributed by atoms with van der Waals surface area (Å²) in [5.41, 5.74) is 0.685. The van der Waals surface area contributed by atoms with Gasteiger partial charge in [0.2, 0.25) is 0 Å². The van der Waals surface area contributed by atoms with Gasteiger partial charge in [-0.2, -0.15) is 0 Å². The minimum absolute atomic E-state index is 0.0954. The third kappa shape index (κ3) is 4.16. The number of ether oxygens (including phenoxy) is 1. The molecule has 0 N–H and O–H groups in total. The third-order valence-corrected chi connectivity index (χ3v) is 3.23. The molecule has 2 aromatic rings. The molecule has 0 aliphatic heterocycles. The number of nitro benzene ring substituents is 1. The van der Waals surface area contributed by atoms with Gasteiger partial charge in [-0.15, -0.1) is 0 Å². The van der Waals surface area contributed by atoms with Crippen LogP contribution in [0.5, 0.6) is 0 Å². The summed E-state index contributed by atoms with van der Waals surface area (Å²) in [6, 6.07) is 13.9. The number of carbonyl (C=O) groups excluding carboxylic acids is 2. The fraction of sp³-hybridized carbons (Fsp3) is 0.176. The van der Waals surface area contributed by atoms with Gasteiger partial charge in [0.05, 0.1) is 11.5 Å². The van der Waals surface area contributed by atoms with E-state index < -0.39 is 16.8 Å². The Bertz CT molecular complexity index is 728. The summed E-state index contributed by atoms with van der Waals surface area (Å²) < 4.78 is 4.90. The molecule has 0 atom stereocenters. The molecule has 1 amide bonds. The van der Waals surface area contributed by atoms with Crippen molar-refractivity contribution < 1.29 is 19.2 Å². The van der Waals surface area contributed by atoms with E-state index in [1.807, 2.05) is 0 Å². The first kappa shape index (κ1) is 17.1. The largest absolute Gasteiger partial charge is 0.465 e. The first-order valence-corrected chi connectivity index (χ1v) is 7.30. The molecular formula is C17H16N2O5. The van der Waals surface area contributed by atoms with Gasteiger partial charge in [-0.1, -0.05) is 18.2 Å². The van der Waals surface area contributed by atoms with E-state index in [0.717, 1.165) is 0 Å². The summed E-state index contributed by atoms with van der Waals surface area (Å²) in [4.78, 5) is 36.0. The summed E-state index contributed by atoms with van der Waals surface area (Å²) in [7, 11) is 0. The minimum Gasteiger partial charge on any atom is -0.465 e. The van der Waals surface area contributed by atoms with Crippen LogP contribution >= 0.6 is 0 Å². The lowest BCUT2D eigenvalue weighted by Gasteiger charge is -2.22. The Balaban J connectivity index is 2.33. The van der Waals surface area contributed by atoms with Gasteiger partial charge < -0.3 is 4.74 Å². The Morgan fingerprint density at radius 2 is 1.71 bits per heavy atom. The molecule has 7 heteroatoms. The Morgan fingerprint density at radius 1 is 1.08 bits per heavy atom. The average Bonchev–Trinajstić information content (AvgIpc) is 2.60. The Kier molecular flexibility index (Phi) is 5.62. The van der Waals surface area contributed by atoms with Crippen LogP contribution in [0.3, 0.4) is 0 Å². The Morgan fingerprint density at radius 3 is 2.25 bits per heavy atom. The molecule has 24 heavy (non-hydrogen) atoms. The topological polar surface area (TPSA) is 89.8 Å². The SMILES string of the molecule is CCOC(=O)CN(C(=O)c1ccccc1)c1ccc([N+](=O)[O-])cc1. The normalized spacial score (nSPS) is 10.0. The van der Waals surface area contributed by atoms with Crippen molar-refractivity contribution in [2.75, 3.05) is 18.1 Å². The number of hydrogen-bond acceptors (Lipinski definition) is 5. The standard InChI is InChI=1S/C17H16N2O5/c1-2-24-16(20)12-18(17(21)13-6-4-3-5-7-13)14-8-10-15(11-9-14)19(22)23/h3-11H,2,12H2,1H3. The summed E-state index contributed by atoms with van der Waals surface area (Å²) in [6.45, 7) is 1.60. The zero-order valence-corrected chi connectivity index (χ0v) is 13.0. The second-order valence-corrected chi connectivity index (χ2v) is 4.84. The molecule has 0 saturated carbocycles. The quantitative estimate of drug-likeness (QED) is 0.462. The number of nitro groups is 1. The number of hydrogen-bond donors (Lipinski definition) is 0. The highest BCUT2D eigenvalue weighted by Crippen LogP contribution is 2.21. The fourth-order valence-corrected chi connectivity index (χ4v) is 2.11. The van der Waals surface area contributed by atoms with Crippen LogP contribution in [0.1, 0.15) is 17.3 Å². The van der Waals surface area contributed by atoms with Crippen molar-refractivity contribution in [1.82, 2.24) is 0 Å². The maximum absolute atomic E-state index is 12.7. The lowest BCUT2D eigenvalue weighted by molar-refractivity contribution is -0.384. The van der Waals surface area contributed by atoms with E-state index in [-0.39, 0.29) is 18.8 Å². The predicted molar refractivity (Wildman–Crippen MR) is 87.8 cm³/mol. The Labute approximate surface area is 138 Å². The number of amides is 1. The van der Waals surface area contributed by atoms with Crippen LogP contribution in [0, 0.1) is 10.1 Å². The number of esters is 1. The first-order valence-electron chi connectivity index (χ1n) is 7.30. The monoisotopic (exact) mass is 328 g/mol. The van der Waals surface area contributed by atoms with Gasteiger partial charge in [0.25, 0.3) is 11.6 Å². The summed E-state index contributed by atoms with van der Waals surface area (Å²) in [6.07, 6.45) is 0. The number of carbonyl (C=O) groups is 2. The highest BCUT2D eigenvalue weighted by Gasteiger charge is 2.22. The molecule has 124 valence electrons. The van der Waals surface area contributed by atoms with Crippen molar-refractivity contribution in [2.45, 2.75) is 6.92 Å². The molecule has 0 aliphatic carbocycles. The second-order valence-electron chi connectivity index (χ2n) is 4.84. The third-order valence-electron chi connectivity index (χ3n) is 3.23. The van der Waals surface area contributed by atoms with Gasteiger partial charge in [0, 0.05) is 23.4 Å². The lowest BCUT2D eigenvalue weighted by Crippen LogP contribution is -2.36. The van der Waals surface area contributed by atoms with E-state index in [0.29, 0.717) is 11.3 Å². The van der Waals surface area contributed by atoms with Crippen molar-refractivity contribution >= 4 is 23.3 Å². The summed E-state index contributed by atoms with van der Waals surface area (Å²) in [5, 5.41) is 10.8. The van der Waals surface area contributed by atoms with Crippen molar-refractivity contribution in [2.24, 2.45) is 0 Å². The van der Waals surface area contributed by atoms with Crippen LogP contribution in [-0.2, 0) is 9.53 Å². The smallest absolute Gasteiger partial charge is 0.326 e. The van der Waals surface area contributed by atoms with E-state index in [1.54, 1.807) is 37.3 Å². The van der Waals surface area contributed by atoms with Gasteiger partial charge in [-0.05, 0) is 31.2 Å². The predicted octanol–water partition coefficient (Wildman–Crippen LogP) is 2.80. The molecule has 7 nitrogen and oxygen atoms in total. The van der Waals surface area contributed by atoms with Gasteiger partial charge in [0.15, 0.2) is 0 Å². The number of rotatable bonds is 6. The van der Waals surface area contributed by atoms with Gasteiger partial charge in [0.1, 0.15) is 6.54 Å². The van der Waals surface area contributed by atoms with Crippen LogP contribution in [0.15, 0.2) is 54.6 Å². The zero-order chi connectivity index (χ0) is 17.5. The number of nitrogens with zero attached hydrogens (tertiary/aromatic N) is 2. The maximum atomic E-state index is 12.7. The molecule has 0 radical (unpaired) electrons. The number of non-ortho nitro benzene ring substituents is 1. The van der Waals surface area contributed by atoms with E-state index in [9.17, 15) is 19.7 Å². The van der Waals surface area contributed by atoms with E-state index >= 15 is 0 Å². The Hall–Kier alpha value is -3.22. The van der Waals surface area contributed by atoms with Gasteiger partial charge >= 0.3 is 5.97 Å². The average molecular weight is 328 g/mol. The van der Waals surface area contributed by atoms with Crippen molar-refractivity contribution in [3.63, 3.8) is 0 Å². The van der Waals surface area contributed by atoms with Crippen LogP contribution < -0.4 is 4.90 Å². The lowest BCUT2D eigenvalue weighted by atomic mass is 10.1. The van der Waals surface area contributed by atoms with Crippen LogP contribution in [-0.4, -0.2) is 30.0 Å². The first-order chi connectivity index (χ1) is 11.5. The molecular weight excluding hydrogens is 312 g/mol. The van der Waals surface area contributed by atoms with Crippen LogP contribution in [0.2, 0.25) is 0 Å². The van der Waals surface area contributed by atoms with Gasteiger partial charge in [-0.25, -0.2) is 0 Å². The van der Waals surface area contributed by atoms with Crippen LogP contribution in [0.25, 0.3) is 0 Å². The van der Waals surface area contributed by atoms with Crippen molar-refractivity contribution in [1.29, 1.82) is 0 Å². The molecule has 2 aromatic carbocycles. The van der Waals surface area contributed by atoms with E-state index in [4.69, 9.17) is 4.74 Å². The highest BCUT2D eigenvalue weighted by atomic mass is 16.6. The maximum Gasteiger partial charge on any atom is 0.326 e. The molecule has 0 spiro atoms. The van der Waals surface area contributed by atoms with E-state index in [2.05, 4.69) is 0 Å². The van der Waals surface area contributed by atoms with Gasteiger partial charge in [-0.3, -0.25) is 24.6 Å². The van der Waals surface area contributed by atoms with Crippen molar-refractivity contribution in [3.8, 4) is 0 Å². The molecule has 0 fully saturated rings. The summed E-state index contributed by atoms with van der Waals surface area (Å²) in [5.74, 6) is -0.947. The molecule has 0 unspecified atom stereocenters. The molecule has 0 aromatic heterocycles.